The summed E-state index contributed by atoms with van der Waals surface area (Å²) in [7, 11) is -0.322. The number of benzene rings is 1. The van der Waals surface area contributed by atoms with E-state index in [0.717, 1.165) is 17.9 Å². The highest BCUT2D eigenvalue weighted by molar-refractivity contribution is 6.47. The van der Waals surface area contributed by atoms with E-state index in [0.29, 0.717) is 11.3 Å². The Morgan fingerprint density at radius 1 is 1.19 bits per heavy atom. The fourth-order valence-electron chi connectivity index (χ4n) is 4.88. The minimum absolute atomic E-state index is 0.171. The van der Waals surface area contributed by atoms with Crippen molar-refractivity contribution in [3.05, 3.63) is 35.9 Å². The van der Waals surface area contributed by atoms with Gasteiger partial charge in [0, 0.05) is 0 Å². The number of rotatable bonds is 2. The molecule has 2 bridgehead atoms. The second-order valence-electron chi connectivity index (χ2n) is 7.77. The highest BCUT2D eigenvalue weighted by Gasteiger charge is 2.68. The van der Waals surface area contributed by atoms with E-state index in [1.54, 1.807) is 0 Å². The Balaban J connectivity index is 1.57. The molecule has 3 saturated carbocycles. The first-order valence-electron chi connectivity index (χ1n) is 8.06. The highest BCUT2D eigenvalue weighted by Crippen LogP contribution is 2.65. The van der Waals surface area contributed by atoms with E-state index in [9.17, 15) is 0 Å². The molecule has 1 aromatic carbocycles. The lowest BCUT2D eigenvalue weighted by molar-refractivity contribution is -0.199. The Morgan fingerprint density at radius 3 is 2.57 bits per heavy atom. The van der Waals surface area contributed by atoms with Gasteiger partial charge in [-0.3, -0.25) is 0 Å². The molecule has 112 valence electrons. The summed E-state index contributed by atoms with van der Waals surface area (Å²) in [6.07, 6.45) is 2.59. The third kappa shape index (κ3) is 1.79. The molecule has 0 unspecified atom stereocenters. The monoisotopic (exact) mass is 285 g/mol. The van der Waals surface area contributed by atoms with Crippen molar-refractivity contribution >= 4 is 7.12 Å². The molecule has 4 heteroatoms. The van der Waals surface area contributed by atoms with Crippen LogP contribution in [0.2, 0.25) is 0 Å². The molecule has 5 rings (SSSR count). The second kappa shape index (κ2) is 4.34. The molecule has 0 spiro atoms. The second-order valence-corrected chi connectivity index (χ2v) is 7.77. The SMILES string of the molecule is CC1(C)[C@@H]2C[C@H]3OB([C@@H](N)c4ccccc4)O[C@@]3(C)[C@H]1C2. The first-order chi connectivity index (χ1) is 9.93. The van der Waals surface area contributed by atoms with Crippen molar-refractivity contribution < 1.29 is 9.31 Å². The van der Waals surface area contributed by atoms with Gasteiger partial charge in [0.25, 0.3) is 0 Å². The van der Waals surface area contributed by atoms with Crippen molar-refractivity contribution in [1.29, 1.82) is 0 Å². The predicted octanol–water partition coefficient (Wildman–Crippen LogP) is 2.95. The van der Waals surface area contributed by atoms with Gasteiger partial charge in [-0.15, -0.1) is 0 Å². The van der Waals surface area contributed by atoms with Crippen molar-refractivity contribution in [2.75, 3.05) is 0 Å². The average Bonchev–Trinajstić information content (AvgIpc) is 2.84. The van der Waals surface area contributed by atoms with Crippen molar-refractivity contribution in [1.82, 2.24) is 0 Å². The molecule has 3 nitrogen and oxygen atoms in total. The molecule has 0 amide bonds. The van der Waals surface area contributed by atoms with Crippen LogP contribution in [0.1, 0.15) is 45.1 Å². The van der Waals surface area contributed by atoms with Crippen LogP contribution >= 0.6 is 0 Å². The minimum atomic E-state index is -0.322. The normalized spacial score (nSPS) is 41.3. The van der Waals surface area contributed by atoms with Crippen molar-refractivity contribution in [2.24, 2.45) is 23.0 Å². The fraction of sp³-hybridized carbons (Fsp3) is 0.647. The summed E-state index contributed by atoms with van der Waals surface area (Å²) in [6.45, 7) is 6.99. The largest absolute Gasteiger partial charge is 0.480 e. The Kier molecular flexibility index (Phi) is 2.85. The summed E-state index contributed by atoms with van der Waals surface area (Å²) in [6, 6.07) is 10.1. The molecule has 2 N–H and O–H groups in total. The number of hydrogen-bond acceptors (Lipinski definition) is 3. The summed E-state index contributed by atoms with van der Waals surface area (Å²) in [5.74, 6) is 1.14. The van der Waals surface area contributed by atoms with Gasteiger partial charge in [0.1, 0.15) is 0 Å². The van der Waals surface area contributed by atoms with Gasteiger partial charge in [-0.05, 0) is 42.6 Å². The molecular formula is C17H24BNO2. The minimum Gasteiger partial charge on any atom is -0.404 e. The predicted molar refractivity (Wildman–Crippen MR) is 83.5 cm³/mol. The molecule has 3 aliphatic carbocycles. The fourth-order valence-corrected chi connectivity index (χ4v) is 4.88. The average molecular weight is 285 g/mol. The third-order valence-corrected chi connectivity index (χ3v) is 6.45. The van der Waals surface area contributed by atoms with E-state index in [2.05, 4.69) is 20.8 Å². The summed E-state index contributed by atoms with van der Waals surface area (Å²) in [5.41, 5.74) is 7.67. The maximum atomic E-state index is 6.41. The summed E-state index contributed by atoms with van der Waals surface area (Å²) < 4.78 is 12.6. The Labute approximate surface area is 127 Å². The van der Waals surface area contributed by atoms with Gasteiger partial charge in [-0.1, -0.05) is 44.2 Å². The first-order valence-corrected chi connectivity index (χ1v) is 8.06. The van der Waals surface area contributed by atoms with E-state index in [1.165, 1.54) is 6.42 Å². The number of hydrogen-bond donors (Lipinski definition) is 1. The van der Waals surface area contributed by atoms with Crippen LogP contribution in [0, 0.1) is 17.3 Å². The van der Waals surface area contributed by atoms with E-state index < -0.39 is 0 Å². The summed E-state index contributed by atoms with van der Waals surface area (Å²) >= 11 is 0. The van der Waals surface area contributed by atoms with Crippen molar-refractivity contribution in [3.8, 4) is 0 Å². The zero-order chi connectivity index (χ0) is 14.8. The van der Waals surface area contributed by atoms with Gasteiger partial charge >= 0.3 is 7.12 Å². The zero-order valence-electron chi connectivity index (χ0n) is 13.1. The topological polar surface area (TPSA) is 44.5 Å². The molecule has 1 heterocycles. The lowest BCUT2D eigenvalue weighted by atomic mass is 9.43. The molecule has 0 aromatic heterocycles. The van der Waals surface area contributed by atoms with Gasteiger partial charge in [0.05, 0.1) is 17.6 Å². The molecule has 0 radical (unpaired) electrons. The molecule has 4 aliphatic rings. The number of nitrogens with two attached hydrogens (primary N) is 1. The summed E-state index contributed by atoms with van der Waals surface area (Å²) in [5, 5.41) is 0. The highest BCUT2D eigenvalue weighted by atomic mass is 16.7. The van der Waals surface area contributed by atoms with Gasteiger partial charge in [-0.25, -0.2) is 0 Å². The molecule has 4 fully saturated rings. The van der Waals surface area contributed by atoms with Crippen LogP contribution in [-0.4, -0.2) is 18.8 Å². The van der Waals surface area contributed by atoms with Gasteiger partial charge in [0.15, 0.2) is 0 Å². The van der Waals surface area contributed by atoms with Crippen molar-refractivity contribution in [2.45, 2.75) is 51.3 Å². The zero-order valence-corrected chi connectivity index (χ0v) is 13.1. The Bertz CT molecular complexity index is 549. The van der Waals surface area contributed by atoms with Gasteiger partial charge in [-0.2, -0.15) is 0 Å². The first kappa shape index (κ1) is 13.8. The van der Waals surface area contributed by atoms with Gasteiger partial charge < -0.3 is 15.0 Å². The molecule has 5 atom stereocenters. The lowest BCUT2D eigenvalue weighted by Crippen LogP contribution is -2.65. The Morgan fingerprint density at radius 2 is 1.90 bits per heavy atom. The van der Waals surface area contributed by atoms with E-state index in [1.807, 2.05) is 30.3 Å². The van der Waals surface area contributed by atoms with E-state index in [4.69, 9.17) is 15.0 Å². The Hall–Kier alpha value is -0.835. The smallest absolute Gasteiger partial charge is 0.404 e. The molecule has 21 heavy (non-hydrogen) atoms. The maximum Gasteiger partial charge on any atom is 0.480 e. The van der Waals surface area contributed by atoms with E-state index >= 15 is 0 Å². The van der Waals surface area contributed by atoms with Crippen molar-refractivity contribution in [3.63, 3.8) is 0 Å². The third-order valence-electron chi connectivity index (χ3n) is 6.45. The maximum absolute atomic E-state index is 6.41. The van der Waals surface area contributed by atoms with Crippen LogP contribution in [0.3, 0.4) is 0 Å². The van der Waals surface area contributed by atoms with Crippen LogP contribution in [-0.2, 0) is 9.31 Å². The van der Waals surface area contributed by atoms with Crippen LogP contribution < -0.4 is 5.73 Å². The molecule has 1 aromatic rings. The molecular weight excluding hydrogens is 261 g/mol. The van der Waals surface area contributed by atoms with Crippen LogP contribution in [0.5, 0.6) is 0 Å². The van der Waals surface area contributed by atoms with Crippen LogP contribution in [0.25, 0.3) is 0 Å². The van der Waals surface area contributed by atoms with Gasteiger partial charge in [0.2, 0.25) is 0 Å². The standard InChI is InChI=1S/C17H24BNO2/c1-16(2)12-9-13(16)17(3)14(10-12)20-18(21-17)15(19)11-7-5-4-6-8-11/h4-8,12-15H,9-10,19H2,1-3H3/t12-,13-,14+,15-,17-/m0/s1. The molecule has 1 saturated heterocycles. The van der Waals surface area contributed by atoms with Crippen LogP contribution in [0.15, 0.2) is 30.3 Å². The van der Waals surface area contributed by atoms with Crippen LogP contribution in [0.4, 0.5) is 0 Å². The quantitative estimate of drug-likeness (QED) is 0.850. The van der Waals surface area contributed by atoms with E-state index in [-0.39, 0.29) is 24.8 Å². The molecule has 1 aliphatic heterocycles. The lowest BCUT2D eigenvalue weighted by Gasteiger charge is -2.64. The summed E-state index contributed by atoms with van der Waals surface area (Å²) in [4.78, 5) is 0.